The molecule has 3 rings (SSSR count). The Morgan fingerprint density at radius 1 is 1.42 bits per heavy atom. The fourth-order valence-electron chi connectivity index (χ4n) is 3.06. The van der Waals surface area contributed by atoms with E-state index in [0.29, 0.717) is 12.1 Å². The summed E-state index contributed by atoms with van der Waals surface area (Å²) < 4.78 is 5.66. The van der Waals surface area contributed by atoms with Gasteiger partial charge in [-0.15, -0.1) is 0 Å². The summed E-state index contributed by atoms with van der Waals surface area (Å²) in [5.41, 5.74) is 7.12. The van der Waals surface area contributed by atoms with Crippen LogP contribution in [-0.4, -0.2) is 30.8 Å². The number of guanidine groups is 1. The Bertz CT molecular complexity index is 494. The quantitative estimate of drug-likeness (QED) is 0.924. The summed E-state index contributed by atoms with van der Waals surface area (Å²) in [5.74, 6) is 0.595. The minimum atomic E-state index is 0.0117. The van der Waals surface area contributed by atoms with Crippen LogP contribution in [0.5, 0.6) is 0 Å². The van der Waals surface area contributed by atoms with Gasteiger partial charge in [0, 0.05) is 17.3 Å². The van der Waals surface area contributed by atoms with E-state index >= 15 is 0 Å². The number of aliphatic imine (C=N–C) groups is 1. The van der Waals surface area contributed by atoms with Gasteiger partial charge in [-0.05, 0) is 44.0 Å². The zero-order chi connectivity index (χ0) is 13.5. The predicted molar refractivity (Wildman–Crippen MR) is 77.8 cm³/mol. The average molecular weight is 280 g/mol. The van der Waals surface area contributed by atoms with Crippen LogP contribution in [0.25, 0.3) is 0 Å². The van der Waals surface area contributed by atoms with Crippen LogP contribution in [0.1, 0.15) is 19.8 Å². The number of benzene rings is 1. The van der Waals surface area contributed by atoms with Crippen LogP contribution in [0.4, 0.5) is 5.69 Å². The van der Waals surface area contributed by atoms with Gasteiger partial charge in [-0.25, -0.2) is 0 Å². The first kappa shape index (κ1) is 12.8. The first-order valence-corrected chi connectivity index (χ1v) is 7.00. The van der Waals surface area contributed by atoms with Gasteiger partial charge in [0.05, 0.1) is 18.2 Å². The summed E-state index contributed by atoms with van der Waals surface area (Å²) in [5, 5.41) is 0.730. The molecule has 4 nitrogen and oxygen atoms in total. The Balaban J connectivity index is 1.82. The van der Waals surface area contributed by atoms with E-state index in [0.717, 1.165) is 36.7 Å². The van der Waals surface area contributed by atoms with Gasteiger partial charge in [-0.2, -0.15) is 0 Å². The molecule has 102 valence electrons. The van der Waals surface area contributed by atoms with Gasteiger partial charge in [-0.1, -0.05) is 11.6 Å². The lowest BCUT2D eigenvalue weighted by Gasteiger charge is -2.50. The third-order valence-electron chi connectivity index (χ3n) is 3.94. The first-order valence-electron chi connectivity index (χ1n) is 6.62. The maximum absolute atomic E-state index is 6.06. The van der Waals surface area contributed by atoms with Crippen molar-refractivity contribution in [3.8, 4) is 0 Å². The topological polar surface area (TPSA) is 50.9 Å². The standard InChI is InChI=1S/C14H18ClN3O/c1-2-19-12-7-14(8-12)9-17-13(16)18(14)11-5-3-10(15)4-6-11/h3-6,12H,2,7-9H2,1H3,(H2,16,17). The lowest BCUT2D eigenvalue weighted by molar-refractivity contribution is -0.0306. The van der Waals surface area contributed by atoms with E-state index in [4.69, 9.17) is 22.1 Å². The molecule has 0 saturated heterocycles. The summed E-state index contributed by atoms with van der Waals surface area (Å²) in [7, 11) is 0. The fraction of sp³-hybridized carbons (Fsp3) is 0.500. The molecule has 0 unspecified atom stereocenters. The maximum Gasteiger partial charge on any atom is 0.196 e. The van der Waals surface area contributed by atoms with Crippen LogP contribution in [-0.2, 0) is 4.74 Å². The molecular formula is C14H18ClN3O. The highest BCUT2D eigenvalue weighted by Gasteiger charge is 2.53. The highest BCUT2D eigenvalue weighted by atomic mass is 35.5. The van der Waals surface area contributed by atoms with Gasteiger partial charge in [-0.3, -0.25) is 4.99 Å². The molecule has 1 aromatic carbocycles. The van der Waals surface area contributed by atoms with Crippen molar-refractivity contribution in [3.63, 3.8) is 0 Å². The number of nitrogens with zero attached hydrogens (tertiary/aromatic N) is 2. The van der Waals surface area contributed by atoms with E-state index in [1.54, 1.807) is 0 Å². The zero-order valence-electron chi connectivity index (χ0n) is 11.0. The van der Waals surface area contributed by atoms with E-state index in [2.05, 4.69) is 9.89 Å². The number of hydrogen-bond donors (Lipinski definition) is 1. The molecule has 0 atom stereocenters. The van der Waals surface area contributed by atoms with E-state index in [1.165, 1.54) is 0 Å². The van der Waals surface area contributed by atoms with Crippen LogP contribution < -0.4 is 10.6 Å². The lowest BCUT2D eigenvalue weighted by atomic mass is 9.73. The predicted octanol–water partition coefficient (Wildman–Crippen LogP) is 2.41. The highest BCUT2D eigenvalue weighted by molar-refractivity contribution is 6.30. The lowest BCUT2D eigenvalue weighted by Crippen LogP contribution is -2.62. The second-order valence-corrected chi connectivity index (χ2v) is 5.63. The summed E-state index contributed by atoms with van der Waals surface area (Å²) in [4.78, 5) is 6.56. The van der Waals surface area contributed by atoms with Crippen molar-refractivity contribution in [2.45, 2.75) is 31.4 Å². The molecule has 1 aliphatic carbocycles. The number of hydrogen-bond acceptors (Lipinski definition) is 4. The molecule has 5 heteroatoms. The van der Waals surface area contributed by atoms with Crippen molar-refractivity contribution in [1.29, 1.82) is 0 Å². The summed E-state index contributed by atoms with van der Waals surface area (Å²) >= 11 is 5.94. The molecule has 0 amide bonds. The molecule has 0 aromatic heterocycles. The molecule has 0 radical (unpaired) electrons. The second-order valence-electron chi connectivity index (χ2n) is 5.20. The molecule has 1 spiro atoms. The minimum absolute atomic E-state index is 0.0117. The molecule has 1 saturated carbocycles. The van der Waals surface area contributed by atoms with Gasteiger partial charge in [0.15, 0.2) is 5.96 Å². The monoisotopic (exact) mass is 279 g/mol. The summed E-state index contributed by atoms with van der Waals surface area (Å²) in [6.45, 7) is 3.55. The Labute approximate surface area is 118 Å². The number of nitrogens with two attached hydrogens (primary N) is 1. The van der Waals surface area contributed by atoms with Crippen molar-refractivity contribution >= 4 is 23.2 Å². The van der Waals surface area contributed by atoms with E-state index in [9.17, 15) is 0 Å². The van der Waals surface area contributed by atoms with Crippen LogP contribution >= 0.6 is 11.6 Å². The van der Waals surface area contributed by atoms with Crippen LogP contribution in [0.15, 0.2) is 29.3 Å². The third-order valence-corrected chi connectivity index (χ3v) is 4.19. The molecule has 1 aromatic rings. The number of halogens is 1. The van der Waals surface area contributed by atoms with Gasteiger partial charge in [0.25, 0.3) is 0 Å². The molecule has 1 heterocycles. The SMILES string of the molecule is CCOC1CC2(CN=C(N)N2c2ccc(Cl)cc2)C1. The molecule has 2 aliphatic rings. The molecule has 1 aliphatic heterocycles. The highest BCUT2D eigenvalue weighted by Crippen LogP contribution is 2.44. The molecule has 1 fully saturated rings. The summed E-state index contributed by atoms with van der Waals surface area (Å²) in [6.07, 6.45) is 2.29. The fourth-order valence-corrected chi connectivity index (χ4v) is 3.19. The number of ether oxygens (including phenoxy) is 1. The summed E-state index contributed by atoms with van der Waals surface area (Å²) in [6, 6.07) is 7.75. The van der Waals surface area contributed by atoms with E-state index < -0.39 is 0 Å². The Hall–Kier alpha value is -1.26. The van der Waals surface area contributed by atoms with Crippen molar-refractivity contribution < 1.29 is 4.74 Å². The zero-order valence-corrected chi connectivity index (χ0v) is 11.7. The largest absolute Gasteiger partial charge is 0.378 e. The van der Waals surface area contributed by atoms with Gasteiger partial charge in [0.1, 0.15) is 0 Å². The van der Waals surface area contributed by atoms with Gasteiger partial charge < -0.3 is 15.4 Å². The Morgan fingerprint density at radius 3 is 2.74 bits per heavy atom. The van der Waals surface area contributed by atoms with Crippen molar-refractivity contribution in [2.24, 2.45) is 10.7 Å². The second kappa shape index (κ2) is 4.69. The smallest absolute Gasteiger partial charge is 0.196 e. The number of anilines is 1. The van der Waals surface area contributed by atoms with E-state index in [-0.39, 0.29) is 5.54 Å². The molecule has 2 N–H and O–H groups in total. The van der Waals surface area contributed by atoms with Gasteiger partial charge >= 0.3 is 0 Å². The van der Waals surface area contributed by atoms with Crippen LogP contribution in [0.2, 0.25) is 5.02 Å². The minimum Gasteiger partial charge on any atom is -0.378 e. The molecular weight excluding hydrogens is 262 g/mol. The van der Waals surface area contributed by atoms with Crippen LogP contribution in [0.3, 0.4) is 0 Å². The van der Waals surface area contributed by atoms with E-state index in [1.807, 2.05) is 31.2 Å². The van der Waals surface area contributed by atoms with Crippen LogP contribution in [0, 0.1) is 0 Å². The van der Waals surface area contributed by atoms with Crippen molar-refractivity contribution in [3.05, 3.63) is 29.3 Å². The maximum atomic E-state index is 6.06. The number of rotatable bonds is 3. The normalized spacial score (nSPS) is 29.5. The van der Waals surface area contributed by atoms with Gasteiger partial charge in [0.2, 0.25) is 0 Å². The molecule has 19 heavy (non-hydrogen) atoms. The Morgan fingerprint density at radius 2 is 2.11 bits per heavy atom. The average Bonchev–Trinajstić information content (AvgIpc) is 2.69. The third kappa shape index (κ3) is 2.09. The van der Waals surface area contributed by atoms with Crippen molar-refractivity contribution in [2.75, 3.05) is 18.1 Å². The Kier molecular flexibility index (Phi) is 3.15. The van der Waals surface area contributed by atoms with Crippen molar-refractivity contribution in [1.82, 2.24) is 0 Å². The molecule has 0 bridgehead atoms. The first-order chi connectivity index (χ1) is 9.14.